The fourth-order valence-corrected chi connectivity index (χ4v) is 1.44. The molecule has 5 heteroatoms. The number of alkyl halides is 3. The largest absolute Gasteiger partial charge is 0.416 e. The maximum Gasteiger partial charge on any atom is 0.416 e. The predicted molar refractivity (Wildman–Crippen MR) is 54.8 cm³/mol. The summed E-state index contributed by atoms with van der Waals surface area (Å²) in [6.45, 7) is 0.320. The van der Waals surface area contributed by atoms with Crippen molar-refractivity contribution in [2.45, 2.75) is 25.1 Å². The third-order valence-corrected chi connectivity index (χ3v) is 2.23. The van der Waals surface area contributed by atoms with Crippen LogP contribution in [0.4, 0.5) is 13.2 Å². The van der Waals surface area contributed by atoms with E-state index in [1.165, 1.54) is 6.07 Å². The Balaban J connectivity index is 2.75. The monoisotopic (exact) mass is 233 g/mol. The van der Waals surface area contributed by atoms with Crippen LogP contribution in [0, 0.1) is 0 Å². The topological polar surface area (TPSA) is 46.2 Å². The van der Waals surface area contributed by atoms with Gasteiger partial charge in [-0.05, 0) is 31.0 Å². The lowest BCUT2D eigenvalue weighted by Gasteiger charge is -2.11. The number of aliphatic hydroxyl groups is 1. The van der Waals surface area contributed by atoms with Gasteiger partial charge in [0.05, 0.1) is 11.7 Å². The molecule has 0 saturated heterocycles. The van der Waals surface area contributed by atoms with Crippen molar-refractivity contribution in [3.8, 4) is 0 Å². The minimum absolute atomic E-state index is 0.196. The molecule has 3 N–H and O–H groups in total. The van der Waals surface area contributed by atoms with Crippen LogP contribution < -0.4 is 5.73 Å². The maximum atomic E-state index is 12.4. The number of nitrogens with two attached hydrogens (primary N) is 1. The highest BCUT2D eigenvalue weighted by molar-refractivity contribution is 5.26. The summed E-state index contributed by atoms with van der Waals surface area (Å²) in [7, 11) is 0. The normalized spacial score (nSPS) is 13.8. The Hall–Kier alpha value is -1.07. The number of hydrogen-bond donors (Lipinski definition) is 2. The van der Waals surface area contributed by atoms with E-state index in [2.05, 4.69) is 0 Å². The fourth-order valence-electron chi connectivity index (χ4n) is 1.44. The summed E-state index contributed by atoms with van der Waals surface area (Å²) in [4.78, 5) is 0. The highest BCUT2D eigenvalue weighted by atomic mass is 19.4. The Bertz CT molecular complexity index is 338. The second kappa shape index (κ2) is 5.32. The molecule has 0 fully saturated rings. The van der Waals surface area contributed by atoms with E-state index in [0.717, 1.165) is 12.1 Å². The van der Waals surface area contributed by atoms with Gasteiger partial charge in [0.25, 0.3) is 0 Å². The molecule has 16 heavy (non-hydrogen) atoms. The Labute approximate surface area is 91.9 Å². The minimum Gasteiger partial charge on any atom is -0.393 e. The van der Waals surface area contributed by atoms with Gasteiger partial charge < -0.3 is 10.8 Å². The van der Waals surface area contributed by atoms with Gasteiger partial charge >= 0.3 is 6.18 Å². The molecule has 0 aliphatic carbocycles. The van der Waals surface area contributed by atoms with E-state index in [1.54, 1.807) is 6.07 Å². The van der Waals surface area contributed by atoms with Gasteiger partial charge in [-0.15, -0.1) is 0 Å². The molecule has 1 atom stereocenters. The van der Waals surface area contributed by atoms with Gasteiger partial charge in [0.1, 0.15) is 0 Å². The lowest BCUT2D eigenvalue weighted by molar-refractivity contribution is -0.137. The van der Waals surface area contributed by atoms with E-state index in [-0.39, 0.29) is 6.42 Å². The zero-order valence-corrected chi connectivity index (χ0v) is 8.67. The van der Waals surface area contributed by atoms with E-state index >= 15 is 0 Å². The van der Waals surface area contributed by atoms with Crippen LogP contribution in [0.15, 0.2) is 24.3 Å². The molecule has 0 radical (unpaired) electrons. The summed E-state index contributed by atoms with van der Waals surface area (Å²) in [5, 5.41) is 9.44. The van der Waals surface area contributed by atoms with Crippen molar-refractivity contribution in [1.82, 2.24) is 0 Å². The van der Waals surface area contributed by atoms with Crippen LogP contribution in [-0.4, -0.2) is 17.8 Å². The molecule has 1 rings (SSSR count). The average Bonchev–Trinajstić information content (AvgIpc) is 2.17. The van der Waals surface area contributed by atoms with Crippen molar-refractivity contribution < 1.29 is 18.3 Å². The summed E-state index contributed by atoms with van der Waals surface area (Å²) in [5.74, 6) is 0. The highest BCUT2D eigenvalue weighted by Crippen LogP contribution is 2.29. The molecule has 0 saturated carbocycles. The van der Waals surface area contributed by atoms with E-state index in [4.69, 9.17) is 5.73 Å². The molecule has 1 unspecified atom stereocenters. The quantitative estimate of drug-likeness (QED) is 0.835. The number of hydrogen-bond acceptors (Lipinski definition) is 2. The van der Waals surface area contributed by atoms with Crippen molar-refractivity contribution in [3.05, 3.63) is 35.4 Å². The molecule has 0 heterocycles. The molecule has 0 aromatic heterocycles. The third-order valence-electron chi connectivity index (χ3n) is 2.23. The Morgan fingerprint density at radius 3 is 2.56 bits per heavy atom. The molecule has 0 spiro atoms. The minimum atomic E-state index is -4.34. The van der Waals surface area contributed by atoms with E-state index < -0.39 is 17.8 Å². The molecule has 2 nitrogen and oxygen atoms in total. The van der Waals surface area contributed by atoms with Gasteiger partial charge in [0, 0.05) is 0 Å². The molecule has 1 aromatic carbocycles. The fraction of sp³-hybridized carbons (Fsp3) is 0.455. The first-order valence-electron chi connectivity index (χ1n) is 4.97. The zero-order chi connectivity index (χ0) is 12.2. The van der Waals surface area contributed by atoms with Crippen molar-refractivity contribution in [1.29, 1.82) is 0 Å². The molecule has 90 valence electrons. The molecule has 0 aliphatic rings. The first kappa shape index (κ1) is 13.0. The van der Waals surface area contributed by atoms with Crippen LogP contribution in [0.3, 0.4) is 0 Å². The van der Waals surface area contributed by atoms with Crippen molar-refractivity contribution in [2.24, 2.45) is 5.73 Å². The smallest absolute Gasteiger partial charge is 0.393 e. The zero-order valence-electron chi connectivity index (χ0n) is 8.67. The third kappa shape index (κ3) is 3.83. The van der Waals surface area contributed by atoms with Crippen LogP contribution >= 0.6 is 0 Å². The number of aliphatic hydroxyl groups excluding tert-OH is 1. The van der Waals surface area contributed by atoms with E-state index in [9.17, 15) is 18.3 Å². The van der Waals surface area contributed by atoms with Gasteiger partial charge in [0.2, 0.25) is 0 Å². The highest BCUT2D eigenvalue weighted by Gasteiger charge is 2.30. The van der Waals surface area contributed by atoms with Crippen LogP contribution in [-0.2, 0) is 12.6 Å². The molecule has 0 amide bonds. The van der Waals surface area contributed by atoms with Crippen molar-refractivity contribution >= 4 is 0 Å². The lowest BCUT2D eigenvalue weighted by atomic mass is 10.0. The maximum absolute atomic E-state index is 12.4. The van der Waals surface area contributed by atoms with E-state index in [0.29, 0.717) is 18.5 Å². The number of halogens is 3. The Kier molecular flexibility index (Phi) is 4.32. The number of benzene rings is 1. The first-order chi connectivity index (χ1) is 7.43. The van der Waals surface area contributed by atoms with Crippen LogP contribution in [0.1, 0.15) is 17.5 Å². The molecule has 0 aliphatic heterocycles. The number of rotatable bonds is 4. The van der Waals surface area contributed by atoms with Crippen molar-refractivity contribution in [2.75, 3.05) is 6.54 Å². The Morgan fingerprint density at radius 1 is 1.31 bits per heavy atom. The van der Waals surface area contributed by atoms with Gasteiger partial charge in [-0.25, -0.2) is 0 Å². The van der Waals surface area contributed by atoms with Crippen molar-refractivity contribution in [3.63, 3.8) is 0 Å². The lowest BCUT2D eigenvalue weighted by Crippen LogP contribution is -2.16. The van der Waals surface area contributed by atoms with Crippen LogP contribution in [0.2, 0.25) is 0 Å². The van der Waals surface area contributed by atoms with E-state index in [1.807, 2.05) is 0 Å². The van der Waals surface area contributed by atoms with Crippen LogP contribution in [0.25, 0.3) is 0 Å². The van der Waals surface area contributed by atoms with Crippen LogP contribution in [0.5, 0.6) is 0 Å². The summed E-state index contributed by atoms with van der Waals surface area (Å²) < 4.78 is 37.1. The molecule has 0 bridgehead atoms. The summed E-state index contributed by atoms with van der Waals surface area (Å²) in [5.41, 5.74) is 5.02. The second-order valence-corrected chi connectivity index (χ2v) is 3.63. The molecular formula is C11H14F3NO. The molecular weight excluding hydrogens is 219 g/mol. The standard InChI is InChI=1S/C11H14F3NO/c12-11(13,14)9-3-1-2-8(6-9)7-10(16)4-5-15/h1-3,6,10,16H,4-5,7,15H2. The summed E-state index contributed by atoms with van der Waals surface area (Å²) in [6, 6.07) is 4.97. The molecule has 1 aromatic rings. The van der Waals surface area contributed by atoms with Gasteiger partial charge in [-0.2, -0.15) is 13.2 Å². The summed E-state index contributed by atoms with van der Waals surface area (Å²) >= 11 is 0. The second-order valence-electron chi connectivity index (χ2n) is 3.63. The van der Waals surface area contributed by atoms with Gasteiger partial charge in [-0.3, -0.25) is 0 Å². The van der Waals surface area contributed by atoms with Gasteiger partial charge in [0.15, 0.2) is 0 Å². The average molecular weight is 233 g/mol. The van der Waals surface area contributed by atoms with Gasteiger partial charge in [-0.1, -0.05) is 18.2 Å². The summed E-state index contributed by atoms with van der Waals surface area (Å²) in [6.07, 6.45) is -4.44. The SMILES string of the molecule is NCCC(O)Cc1cccc(C(F)(F)F)c1. The first-order valence-corrected chi connectivity index (χ1v) is 4.97. The Morgan fingerprint density at radius 2 is 2.00 bits per heavy atom. The predicted octanol–water partition coefficient (Wildman–Crippen LogP) is 1.96.